The number of nitrogens with zero attached hydrogens (tertiary/aromatic N) is 4. The summed E-state index contributed by atoms with van der Waals surface area (Å²) in [6, 6.07) is 8.22. The lowest BCUT2D eigenvalue weighted by Crippen LogP contribution is -2.38. The average molecular weight is 423 g/mol. The van der Waals surface area contributed by atoms with Crippen LogP contribution >= 0.6 is 0 Å². The maximum Gasteiger partial charge on any atom is 0.356 e. The zero-order valence-corrected chi connectivity index (χ0v) is 17.0. The lowest BCUT2D eigenvalue weighted by atomic mass is 9.95. The molecule has 1 aliphatic rings. The van der Waals surface area contributed by atoms with Crippen LogP contribution in [0.3, 0.4) is 0 Å². The van der Waals surface area contributed by atoms with Gasteiger partial charge in [-0.3, -0.25) is 19.6 Å². The molecule has 4 rings (SSSR count). The van der Waals surface area contributed by atoms with Crippen molar-refractivity contribution in [2.45, 2.75) is 32.9 Å². The highest BCUT2D eigenvalue weighted by atomic mass is 16.6. The van der Waals surface area contributed by atoms with Gasteiger partial charge >= 0.3 is 5.97 Å². The molecule has 0 aliphatic carbocycles. The summed E-state index contributed by atoms with van der Waals surface area (Å²) in [7, 11) is 0. The van der Waals surface area contributed by atoms with Crippen molar-refractivity contribution >= 4 is 17.6 Å². The number of fused-ring (bicyclic) bond motifs is 1. The normalized spacial score (nSPS) is 15.5. The van der Waals surface area contributed by atoms with Gasteiger partial charge in [-0.05, 0) is 30.7 Å². The molecule has 31 heavy (non-hydrogen) atoms. The second kappa shape index (κ2) is 7.71. The fraction of sp³-hybridized carbons (Fsp3) is 0.286. The van der Waals surface area contributed by atoms with E-state index in [-0.39, 0.29) is 36.3 Å². The largest absolute Gasteiger partial charge is 0.476 e. The molecular formula is C21H21N5O5. The Kier molecular flexibility index (Phi) is 5.05. The lowest BCUT2D eigenvalue weighted by molar-refractivity contribution is -0.385. The Labute approximate surface area is 177 Å². The number of aromatic amines is 1. The fourth-order valence-electron chi connectivity index (χ4n) is 4.17. The topological polar surface area (TPSA) is 134 Å². The number of aromatic nitrogens is 3. The molecule has 0 radical (unpaired) electrons. The minimum atomic E-state index is -1.16. The van der Waals surface area contributed by atoms with Gasteiger partial charge in [-0.15, -0.1) is 0 Å². The first-order valence-corrected chi connectivity index (χ1v) is 9.75. The molecule has 1 atom stereocenters. The minimum Gasteiger partial charge on any atom is -0.476 e. The molecule has 160 valence electrons. The number of benzene rings is 1. The number of rotatable bonds is 5. The Morgan fingerprint density at radius 2 is 2.13 bits per heavy atom. The average Bonchev–Trinajstić information content (AvgIpc) is 3.36. The van der Waals surface area contributed by atoms with Gasteiger partial charge in [0.1, 0.15) is 5.69 Å². The van der Waals surface area contributed by atoms with Crippen LogP contribution in [0.25, 0.3) is 0 Å². The second-order valence-corrected chi connectivity index (χ2v) is 7.72. The van der Waals surface area contributed by atoms with E-state index in [1.54, 1.807) is 47.0 Å². The number of nitrogens with one attached hydrogen (secondary N) is 1. The van der Waals surface area contributed by atoms with E-state index in [2.05, 4.69) is 10.1 Å². The number of nitro groups is 1. The lowest BCUT2D eigenvalue weighted by Gasteiger charge is -2.31. The Morgan fingerprint density at radius 3 is 2.74 bits per heavy atom. The highest BCUT2D eigenvalue weighted by Gasteiger charge is 2.34. The van der Waals surface area contributed by atoms with Crippen LogP contribution in [0.1, 0.15) is 56.2 Å². The smallest absolute Gasteiger partial charge is 0.356 e. The van der Waals surface area contributed by atoms with Gasteiger partial charge in [0.25, 0.3) is 11.6 Å². The summed E-state index contributed by atoms with van der Waals surface area (Å²) in [6.07, 6.45) is 1.67. The standard InChI is InChI=1S/C21H21N5O5/c1-12-8-14(5-6-17(12)26(30)31)10-25-19-13(2)9-24(20(27)16-4-3-7-22-16)11-15(19)18(23-25)21(28)29/h3-8,13,22H,9-11H2,1-2H3,(H,28,29). The number of carboxylic acids is 1. The van der Waals surface area contributed by atoms with E-state index < -0.39 is 10.9 Å². The number of aromatic carboxylic acids is 1. The third kappa shape index (κ3) is 3.67. The quantitative estimate of drug-likeness (QED) is 0.479. The van der Waals surface area contributed by atoms with E-state index in [1.165, 1.54) is 6.07 Å². The minimum absolute atomic E-state index is 0.0318. The predicted molar refractivity (Wildman–Crippen MR) is 110 cm³/mol. The molecule has 2 N–H and O–H groups in total. The molecule has 10 heteroatoms. The van der Waals surface area contributed by atoms with Crippen LogP contribution in [0.15, 0.2) is 36.5 Å². The predicted octanol–water partition coefficient (Wildman–Crippen LogP) is 2.93. The van der Waals surface area contributed by atoms with Crippen molar-refractivity contribution in [1.82, 2.24) is 19.7 Å². The highest BCUT2D eigenvalue weighted by Crippen LogP contribution is 2.32. The number of hydrogen-bond donors (Lipinski definition) is 2. The fourth-order valence-corrected chi connectivity index (χ4v) is 4.17. The first kappa shape index (κ1) is 20.3. The van der Waals surface area contributed by atoms with E-state index >= 15 is 0 Å². The number of amides is 1. The number of hydrogen-bond acceptors (Lipinski definition) is 5. The summed E-state index contributed by atoms with van der Waals surface area (Å²) in [6.45, 7) is 4.45. The number of nitro benzene ring substituents is 1. The highest BCUT2D eigenvalue weighted by molar-refractivity contribution is 5.93. The molecule has 1 amide bonds. The van der Waals surface area contributed by atoms with Gasteiger partial charge in [0.15, 0.2) is 5.69 Å². The van der Waals surface area contributed by atoms with Crippen LogP contribution in [0, 0.1) is 17.0 Å². The van der Waals surface area contributed by atoms with E-state index in [4.69, 9.17) is 0 Å². The molecule has 3 aromatic rings. The van der Waals surface area contributed by atoms with Gasteiger partial charge in [-0.25, -0.2) is 4.79 Å². The van der Waals surface area contributed by atoms with Gasteiger partial charge in [-0.1, -0.05) is 13.0 Å². The van der Waals surface area contributed by atoms with Crippen LogP contribution in [0.4, 0.5) is 5.69 Å². The number of H-pyrrole nitrogens is 1. The van der Waals surface area contributed by atoms with Crippen molar-refractivity contribution in [3.05, 3.63) is 80.4 Å². The summed E-state index contributed by atoms with van der Waals surface area (Å²) in [5, 5.41) is 25.1. The van der Waals surface area contributed by atoms with E-state index in [0.717, 1.165) is 11.3 Å². The van der Waals surface area contributed by atoms with Gasteiger partial charge in [0.2, 0.25) is 0 Å². The SMILES string of the molecule is Cc1cc(Cn2nc(C(=O)O)c3c2C(C)CN(C(=O)c2ccc[nH]2)C3)ccc1[N+](=O)[O-]. The molecule has 1 aliphatic heterocycles. The van der Waals surface area contributed by atoms with E-state index in [1.807, 2.05) is 6.92 Å². The summed E-state index contributed by atoms with van der Waals surface area (Å²) >= 11 is 0. The van der Waals surface area contributed by atoms with Crippen LogP contribution in [-0.4, -0.2) is 48.1 Å². The summed E-state index contributed by atoms with van der Waals surface area (Å²) in [4.78, 5) is 39.8. The first-order chi connectivity index (χ1) is 14.8. The molecule has 1 aromatic carbocycles. The first-order valence-electron chi connectivity index (χ1n) is 9.75. The van der Waals surface area contributed by atoms with Gasteiger partial charge in [0.05, 0.1) is 18.0 Å². The molecule has 2 aromatic heterocycles. The molecule has 3 heterocycles. The summed E-state index contributed by atoms with van der Waals surface area (Å²) < 4.78 is 1.64. The van der Waals surface area contributed by atoms with Crippen molar-refractivity contribution in [2.24, 2.45) is 0 Å². The monoisotopic (exact) mass is 423 g/mol. The maximum absolute atomic E-state index is 12.8. The number of aryl methyl sites for hydroxylation is 1. The Hall–Kier alpha value is -3.95. The van der Waals surface area contributed by atoms with Crippen LogP contribution in [0.5, 0.6) is 0 Å². The molecule has 0 spiro atoms. The maximum atomic E-state index is 12.8. The Balaban J connectivity index is 1.69. The Bertz CT molecular complexity index is 1180. The van der Waals surface area contributed by atoms with Crippen molar-refractivity contribution in [3.8, 4) is 0 Å². The molecular weight excluding hydrogens is 402 g/mol. The zero-order chi connectivity index (χ0) is 22.3. The third-order valence-electron chi connectivity index (χ3n) is 5.51. The molecule has 0 fully saturated rings. The van der Waals surface area contributed by atoms with Gasteiger partial charge in [-0.2, -0.15) is 5.10 Å². The molecule has 10 nitrogen and oxygen atoms in total. The number of carbonyl (C=O) groups excluding carboxylic acids is 1. The number of carbonyl (C=O) groups is 2. The Morgan fingerprint density at radius 1 is 1.35 bits per heavy atom. The molecule has 0 saturated carbocycles. The van der Waals surface area contributed by atoms with Crippen LogP contribution in [0.2, 0.25) is 0 Å². The third-order valence-corrected chi connectivity index (χ3v) is 5.51. The van der Waals surface area contributed by atoms with Gasteiger partial charge < -0.3 is 15.0 Å². The summed E-state index contributed by atoms with van der Waals surface area (Å²) in [5.74, 6) is -1.49. The second-order valence-electron chi connectivity index (χ2n) is 7.72. The molecule has 0 bridgehead atoms. The molecule has 0 saturated heterocycles. The van der Waals surface area contributed by atoms with Gasteiger partial charge in [0, 0.05) is 41.5 Å². The van der Waals surface area contributed by atoms with Crippen molar-refractivity contribution in [1.29, 1.82) is 0 Å². The summed E-state index contributed by atoms with van der Waals surface area (Å²) in [5.41, 5.74) is 2.99. The van der Waals surface area contributed by atoms with Crippen LogP contribution < -0.4 is 0 Å². The van der Waals surface area contributed by atoms with Crippen molar-refractivity contribution in [2.75, 3.05) is 6.54 Å². The molecule has 1 unspecified atom stereocenters. The van der Waals surface area contributed by atoms with Crippen molar-refractivity contribution in [3.63, 3.8) is 0 Å². The zero-order valence-electron chi connectivity index (χ0n) is 17.0. The van der Waals surface area contributed by atoms with E-state index in [0.29, 0.717) is 23.4 Å². The van der Waals surface area contributed by atoms with Crippen molar-refractivity contribution < 1.29 is 19.6 Å². The van der Waals surface area contributed by atoms with Crippen LogP contribution in [-0.2, 0) is 13.1 Å². The number of carboxylic acid groups (broad SMARTS) is 1. The van der Waals surface area contributed by atoms with E-state index in [9.17, 15) is 24.8 Å².